The lowest BCUT2D eigenvalue weighted by atomic mass is 10.3. The van der Waals surface area contributed by atoms with E-state index in [0.717, 1.165) is 6.07 Å². The van der Waals surface area contributed by atoms with Crippen LogP contribution in [0.3, 0.4) is 0 Å². The first kappa shape index (κ1) is 12.5. The highest BCUT2D eigenvalue weighted by molar-refractivity contribution is 9.10. The number of carbonyl (C=O) groups is 1. The Morgan fingerprint density at radius 2 is 2.27 bits per heavy atom. The average molecular weight is 296 g/mol. The monoisotopic (exact) mass is 294 g/mol. The molecule has 0 aliphatic rings. The van der Waals surface area contributed by atoms with E-state index in [0.29, 0.717) is 10.9 Å². The number of ether oxygens (including phenoxy) is 1. The lowest BCUT2D eigenvalue weighted by Gasteiger charge is -2.07. The molecule has 0 N–H and O–H groups in total. The lowest BCUT2D eigenvalue weighted by Crippen LogP contribution is -2.09. The molecule has 15 heavy (non-hydrogen) atoms. The summed E-state index contributed by atoms with van der Waals surface area (Å²) in [6.07, 6.45) is 0.397. The topological polar surface area (TPSA) is 26.3 Å². The highest BCUT2D eigenvalue weighted by Crippen LogP contribution is 2.30. The SMILES string of the molecule is CCC(=O)COc1cc(F)c(Cl)cc1Br. The molecule has 0 aromatic heterocycles. The van der Waals surface area contributed by atoms with E-state index in [1.54, 1.807) is 6.92 Å². The van der Waals surface area contributed by atoms with Crippen LogP contribution in [-0.2, 0) is 4.79 Å². The van der Waals surface area contributed by atoms with Crippen LogP contribution >= 0.6 is 27.5 Å². The van der Waals surface area contributed by atoms with E-state index in [1.165, 1.54) is 6.07 Å². The Morgan fingerprint density at radius 3 is 2.87 bits per heavy atom. The summed E-state index contributed by atoms with van der Waals surface area (Å²) in [7, 11) is 0. The second-order valence-electron chi connectivity index (χ2n) is 2.88. The molecule has 1 rings (SSSR count). The minimum absolute atomic E-state index is 0.0102. The van der Waals surface area contributed by atoms with E-state index in [1.807, 2.05) is 0 Å². The zero-order valence-electron chi connectivity index (χ0n) is 8.02. The fourth-order valence-electron chi connectivity index (χ4n) is 0.875. The third-order valence-corrected chi connectivity index (χ3v) is 2.67. The molecule has 1 aromatic carbocycles. The van der Waals surface area contributed by atoms with Crippen molar-refractivity contribution >= 4 is 33.3 Å². The Labute approximate surface area is 101 Å². The Hall–Kier alpha value is -0.610. The quantitative estimate of drug-likeness (QED) is 0.793. The minimum atomic E-state index is -0.571. The van der Waals surface area contributed by atoms with Gasteiger partial charge in [-0.15, -0.1) is 0 Å². The predicted octanol–water partition coefficient (Wildman–Crippen LogP) is 3.60. The van der Waals surface area contributed by atoms with Gasteiger partial charge in [-0.3, -0.25) is 4.79 Å². The van der Waals surface area contributed by atoms with Gasteiger partial charge in [-0.25, -0.2) is 4.39 Å². The second-order valence-corrected chi connectivity index (χ2v) is 4.14. The zero-order chi connectivity index (χ0) is 11.4. The third-order valence-electron chi connectivity index (χ3n) is 1.76. The van der Waals surface area contributed by atoms with Gasteiger partial charge >= 0.3 is 0 Å². The summed E-state index contributed by atoms with van der Waals surface area (Å²) in [5.74, 6) is -0.338. The second kappa shape index (κ2) is 5.47. The highest BCUT2D eigenvalue weighted by atomic mass is 79.9. The van der Waals surface area contributed by atoms with Crippen LogP contribution in [-0.4, -0.2) is 12.4 Å². The molecule has 0 saturated heterocycles. The smallest absolute Gasteiger partial charge is 0.169 e. The fraction of sp³-hybridized carbons (Fsp3) is 0.300. The van der Waals surface area contributed by atoms with Crippen molar-refractivity contribution in [1.29, 1.82) is 0 Å². The molecule has 82 valence electrons. The van der Waals surface area contributed by atoms with Crippen LogP contribution in [0.4, 0.5) is 4.39 Å². The summed E-state index contributed by atoms with van der Waals surface area (Å²) in [5, 5.41) is 0.0102. The molecular formula is C10H9BrClFO2. The zero-order valence-corrected chi connectivity index (χ0v) is 10.4. The minimum Gasteiger partial charge on any atom is -0.485 e. The summed E-state index contributed by atoms with van der Waals surface area (Å²) in [4.78, 5) is 11.0. The van der Waals surface area contributed by atoms with Gasteiger partial charge in [0.15, 0.2) is 5.78 Å². The van der Waals surface area contributed by atoms with Gasteiger partial charge in [-0.2, -0.15) is 0 Å². The van der Waals surface area contributed by atoms with Crippen LogP contribution in [0.5, 0.6) is 5.75 Å². The normalized spacial score (nSPS) is 10.1. The molecule has 0 amide bonds. The van der Waals surface area contributed by atoms with E-state index in [9.17, 15) is 9.18 Å². The Balaban J connectivity index is 2.77. The molecule has 2 nitrogen and oxygen atoms in total. The fourth-order valence-corrected chi connectivity index (χ4v) is 1.63. The summed E-state index contributed by atoms with van der Waals surface area (Å²) >= 11 is 8.71. The van der Waals surface area contributed by atoms with Crippen molar-refractivity contribution in [2.75, 3.05) is 6.61 Å². The molecular weight excluding hydrogens is 286 g/mol. The summed E-state index contributed by atoms with van der Waals surface area (Å²) < 4.78 is 18.7. The molecule has 1 aromatic rings. The molecule has 0 atom stereocenters. The molecule has 0 spiro atoms. The maximum atomic E-state index is 13.0. The average Bonchev–Trinajstić information content (AvgIpc) is 2.21. The first-order chi connectivity index (χ1) is 7.04. The van der Waals surface area contributed by atoms with Gasteiger partial charge in [0.05, 0.1) is 9.50 Å². The maximum absolute atomic E-state index is 13.0. The maximum Gasteiger partial charge on any atom is 0.169 e. The van der Waals surface area contributed by atoms with Gasteiger partial charge in [0.1, 0.15) is 18.2 Å². The summed E-state index contributed by atoms with van der Waals surface area (Å²) in [6, 6.07) is 2.54. The molecule has 0 saturated carbocycles. The van der Waals surface area contributed by atoms with Crippen molar-refractivity contribution in [3.63, 3.8) is 0 Å². The number of ketones is 1. The van der Waals surface area contributed by atoms with E-state index in [4.69, 9.17) is 16.3 Å². The van der Waals surface area contributed by atoms with Gasteiger partial charge < -0.3 is 4.74 Å². The third kappa shape index (κ3) is 3.47. The number of halogens is 3. The molecule has 5 heteroatoms. The van der Waals surface area contributed by atoms with Crippen LogP contribution in [0, 0.1) is 5.82 Å². The summed E-state index contributed by atoms with van der Waals surface area (Å²) in [5.41, 5.74) is 0. The van der Waals surface area contributed by atoms with Crippen LogP contribution < -0.4 is 4.74 Å². The van der Waals surface area contributed by atoms with E-state index in [-0.39, 0.29) is 23.2 Å². The highest BCUT2D eigenvalue weighted by Gasteiger charge is 2.09. The molecule has 0 radical (unpaired) electrons. The van der Waals surface area contributed by atoms with Crippen molar-refractivity contribution < 1.29 is 13.9 Å². The number of rotatable bonds is 4. The van der Waals surface area contributed by atoms with E-state index >= 15 is 0 Å². The lowest BCUT2D eigenvalue weighted by molar-refractivity contribution is -0.120. The first-order valence-electron chi connectivity index (χ1n) is 4.33. The number of hydrogen-bond acceptors (Lipinski definition) is 2. The van der Waals surface area contributed by atoms with Crippen LogP contribution in [0.15, 0.2) is 16.6 Å². The van der Waals surface area contributed by atoms with Crippen LogP contribution in [0.1, 0.15) is 13.3 Å². The predicted molar refractivity (Wildman–Crippen MR) is 59.9 cm³/mol. The summed E-state index contributed by atoms with van der Waals surface area (Å²) in [6.45, 7) is 1.68. The Morgan fingerprint density at radius 1 is 1.60 bits per heavy atom. The van der Waals surface area contributed by atoms with Crippen LogP contribution in [0.2, 0.25) is 5.02 Å². The number of Topliss-reactive ketones (excluding diaryl/α,β-unsaturated/α-hetero) is 1. The standard InChI is InChI=1S/C10H9BrClFO2/c1-2-6(14)5-15-10-4-9(13)8(12)3-7(10)11/h3-4H,2,5H2,1H3. The van der Waals surface area contributed by atoms with E-state index < -0.39 is 5.82 Å². The van der Waals surface area contributed by atoms with Crippen LogP contribution in [0.25, 0.3) is 0 Å². The molecule has 0 heterocycles. The molecule has 0 fully saturated rings. The first-order valence-corrected chi connectivity index (χ1v) is 5.50. The Bertz CT molecular complexity index is 382. The van der Waals surface area contributed by atoms with Crippen molar-refractivity contribution in [1.82, 2.24) is 0 Å². The molecule has 0 bridgehead atoms. The van der Waals surface area contributed by atoms with Crippen molar-refractivity contribution in [3.8, 4) is 5.75 Å². The van der Waals surface area contributed by atoms with Crippen molar-refractivity contribution in [2.45, 2.75) is 13.3 Å². The largest absolute Gasteiger partial charge is 0.485 e. The number of benzene rings is 1. The van der Waals surface area contributed by atoms with Gasteiger partial charge in [0.25, 0.3) is 0 Å². The van der Waals surface area contributed by atoms with Gasteiger partial charge in [0, 0.05) is 12.5 Å². The molecule has 0 unspecified atom stereocenters. The van der Waals surface area contributed by atoms with Crippen molar-refractivity contribution in [3.05, 3.63) is 27.4 Å². The Kier molecular flexibility index (Phi) is 4.54. The number of carbonyl (C=O) groups excluding carboxylic acids is 1. The van der Waals surface area contributed by atoms with Gasteiger partial charge in [0.2, 0.25) is 0 Å². The van der Waals surface area contributed by atoms with Crippen molar-refractivity contribution in [2.24, 2.45) is 0 Å². The number of hydrogen-bond donors (Lipinski definition) is 0. The van der Waals surface area contributed by atoms with Gasteiger partial charge in [-0.05, 0) is 22.0 Å². The molecule has 0 aliphatic heterocycles. The van der Waals surface area contributed by atoms with Gasteiger partial charge in [-0.1, -0.05) is 18.5 Å². The molecule has 0 aliphatic carbocycles. The van der Waals surface area contributed by atoms with E-state index in [2.05, 4.69) is 15.9 Å².